The Bertz CT molecular complexity index is 1080. The van der Waals surface area contributed by atoms with Crippen molar-refractivity contribution in [3.8, 4) is 0 Å². The molecular weight excluding hydrogens is 435 g/mol. The van der Waals surface area contributed by atoms with Crippen molar-refractivity contribution in [2.24, 2.45) is 0 Å². The summed E-state index contributed by atoms with van der Waals surface area (Å²) in [6, 6.07) is 11.5. The molecule has 0 atom stereocenters. The maximum atomic E-state index is 13.1. The number of halogens is 3. The van der Waals surface area contributed by atoms with Crippen LogP contribution in [-0.2, 0) is 24.2 Å². The molecule has 0 bridgehead atoms. The van der Waals surface area contributed by atoms with Crippen LogP contribution in [0.1, 0.15) is 17.4 Å². The Morgan fingerprint density at radius 3 is 2.67 bits per heavy atom. The molecule has 2 aromatic heterocycles. The van der Waals surface area contributed by atoms with Gasteiger partial charge in [0.05, 0.1) is 11.1 Å². The quantitative estimate of drug-likeness (QED) is 0.411. The van der Waals surface area contributed by atoms with E-state index in [-0.39, 0.29) is 11.3 Å². The second-order valence-corrected chi connectivity index (χ2v) is 8.61. The average molecular weight is 456 g/mol. The third-order valence-corrected chi connectivity index (χ3v) is 6.45. The molecule has 1 amide bonds. The van der Waals surface area contributed by atoms with E-state index in [0.29, 0.717) is 28.3 Å². The molecule has 0 spiro atoms. The zero-order valence-electron chi connectivity index (χ0n) is 16.2. The summed E-state index contributed by atoms with van der Waals surface area (Å²) in [5.41, 5.74) is 0.841. The molecule has 3 rings (SSSR count). The number of amides is 1. The number of hydrogen-bond donors (Lipinski definition) is 1. The minimum atomic E-state index is -4.47. The fourth-order valence-corrected chi connectivity index (χ4v) is 4.66. The first kappa shape index (κ1) is 22.4. The summed E-state index contributed by atoms with van der Waals surface area (Å²) in [5, 5.41) is 2.69. The third kappa shape index (κ3) is 5.85. The van der Waals surface area contributed by atoms with Gasteiger partial charge in [-0.25, -0.2) is 4.98 Å². The third-order valence-electron chi connectivity index (χ3n) is 4.30. The normalized spacial score (nSPS) is 11.7. The molecule has 0 fully saturated rings. The lowest BCUT2D eigenvalue weighted by Gasteiger charge is -2.12. The number of alkyl halides is 3. The zero-order chi connectivity index (χ0) is 21.7. The van der Waals surface area contributed by atoms with Gasteiger partial charge in [0.25, 0.3) is 5.56 Å². The fourth-order valence-electron chi connectivity index (χ4n) is 2.79. The highest BCUT2D eigenvalue weighted by Gasteiger charge is 2.27. The number of aromatic nitrogens is 2. The summed E-state index contributed by atoms with van der Waals surface area (Å²) in [5.74, 6) is -1.02. The number of hydrogen-bond acceptors (Lipinski definition) is 5. The SMILES string of the molecule is CCc1cc2c(=O)n(CCc3ccccc3)c(SCC(=O)NCC(F)(F)F)nc2s1. The van der Waals surface area contributed by atoms with Gasteiger partial charge < -0.3 is 5.32 Å². The second kappa shape index (κ2) is 9.65. The number of nitrogens with one attached hydrogen (secondary N) is 1. The molecule has 0 radical (unpaired) electrons. The van der Waals surface area contributed by atoms with Crippen LogP contribution in [0.15, 0.2) is 46.3 Å². The molecule has 0 aliphatic carbocycles. The molecule has 0 aliphatic rings. The molecule has 0 aliphatic heterocycles. The summed E-state index contributed by atoms with van der Waals surface area (Å²) in [6.45, 7) is 0.958. The molecule has 160 valence electrons. The average Bonchev–Trinajstić information content (AvgIpc) is 3.14. The molecule has 5 nitrogen and oxygen atoms in total. The van der Waals surface area contributed by atoms with Crippen molar-refractivity contribution in [2.75, 3.05) is 12.3 Å². The summed E-state index contributed by atoms with van der Waals surface area (Å²) in [7, 11) is 0. The summed E-state index contributed by atoms with van der Waals surface area (Å²) in [6.07, 6.45) is -3.11. The Balaban J connectivity index is 1.84. The molecule has 0 saturated heterocycles. The number of thioether (sulfide) groups is 1. The van der Waals surface area contributed by atoms with Gasteiger partial charge in [0.2, 0.25) is 5.91 Å². The van der Waals surface area contributed by atoms with E-state index < -0.39 is 18.6 Å². The van der Waals surface area contributed by atoms with E-state index >= 15 is 0 Å². The lowest BCUT2D eigenvalue weighted by molar-refractivity contribution is -0.136. The van der Waals surface area contributed by atoms with E-state index in [4.69, 9.17) is 0 Å². The topological polar surface area (TPSA) is 64.0 Å². The summed E-state index contributed by atoms with van der Waals surface area (Å²) in [4.78, 5) is 31.0. The van der Waals surface area contributed by atoms with Gasteiger partial charge in [-0.2, -0.15) is 13.2 Å². The van der Waals surface area contributed by atoms with Gasteiger partial charge >= 0.3 is 6.18 Å². The minimum Gasteiger partial charge on any atom is -0.346 e. The monoisotopic (exact) mass is 455 g/mol. The number of rotatable bonds is 8. The van der Waals surface area contributed by atoms with Crippen molar-refractivity contribution in [1.29, 1.82) is 0 Å². The molecule has 3 aromatic rings. The smallest absolute Gasteiger partial charge is 0.346 e. The Labute approximate surface area is 179 Å². The molecule has 10 heteroatoms. The first-order valence-electron chi connectivity index (χ1n) is 9.30. The van der Waals surface area contributed by atoms with Gasteiger partial charge in [-0.15, -0.1) is 11.3 Å². The van der Waals surface area contributed by atoms with E-state index in [0.717, 1.165) is 28.6 Å². The van der Waals surface area contributed by atoms with Crippen molar-refractivity contribution < 1.29 is 18.0 Å². The number of aryl methyl sites for hydroxylation is 2. The van der Waals surface area contributed by atoms with Crippen molar-refractivity contribution in [1.82, 2.24) is 14.9 Å². The van der Waals surface area contributed by atoms with Crippen LogP contribution in [0, 0.1) is 0 Å². The number of nitrogens with zero attached hydrogens (tertiary/aromatic N) is 2. The van der Waals surface area contributed by atoms with Gasteiger partial charge in [-0.3, -0.25) is 14.2 Å². The van der Waals surface area contributed by atoms with Crippen molar-refractivity contribution in [3.63, 3.8) is 0 Å². The highest BCUT2D eigenvalue weighted by Crippen LogP contribution is 2.25. The number of benzene rings is 1. The van der Waals surface area contributed by atoms with Crippen LogP contribution in [0.25, 0.3) is 10.2 Å². The van der Waals surface area contributed by atoms with E-state index in [2.05, 4.69) is 4.98 Å². The van der Waals surface area contributed by atoms with Crippen molar-refractivity contribution in [3.05, 3.63) is 57.2 Å². The highest BCUT2D eigenvalue weighted by molar-refractivity contribution is 7.99. The minimum absolute atomic E-state index is 0.204. The molecule has 30 heavy (non-hydrogen) atoms. The predicted octanol–water partition coefficient (Wildman–Crippen LogP) is 4.03. The van der Waals surface area contributed by atoms with Gasteiger partial charge in [0.15, 0.2) is 5.16 Å². The van der Waals surface area contributed by atoms with Crippen molar-refractivity contribution in [2.45, 2.75) is 37.6 Å². The van der Waals surface area contributed by atoms with Crippen LogP contribution in [0.4, 0.5) is 13.2 Å². The lowest BCUT2D eigenvalue weighted by Crippen LogP contribution is -2.35. The van der Waals surface area contributed by atoms with Gasteiger partial charge in [0.1, 0.15) is 11.4 Å². The van der Waals surface area contributed by atoms with Crippen LogP contribution in [0.2, 0.25) is 0 Å². The maximum absolute atomic E-state index is 13.1. The Kier molecular flexibility index (Phi) is 7.19. The van der Waals surface area contributed by atoms with Gasteiger partial charge in [-0.1, -0.05) is 49.0 Å². The maximum Gasteiger partial charge on any atom is 0.405 e. The molecular formula is C20H20F3N3O2S2. The van der Waals surface area contributed by atoms with Crippen LogP contribution >= 0.6 is 23.1 Å². The standard InChI is InChI=1S/C20H20F3N3O2S2/c1-2-14-10-15-17(30-14)25-19(29-11-16(27)24-12-20(21,22)23)26(18(15)28)9-8-13-6-4-3-5-7-13/h3-7,10H,2,8-9,11-12H2,1H3,(H,24,27). The zero-order valence-corrected chi connectivity index (χ0v) is 17.8. The van der Waals surface area contributed by atoms with Crippen LogP contribution in [-0.4, -0.2) is 33.9 Å². The van der Waals surface area contributed by atoms with Crippen molar-refractivity contribution >= 4 is 39.2 Å². The largest absolute Gasteiger partial charge is 0.405 e. The van der Waals surface area contributed by atoms with Crippen LogP contribution in [0.5, 0.6) is 0 Å². The summed E-state index contributed by atoms with van der Waals surface area (Å²) >= 11 is 2.38. The Morgan fingerprint density at radius 2 is 2.00 bits per heavy atom. The Morgan fingerprint density at radius 1 is 1.27 bits per heavy atom. The van der Waals surface area contributed by atoms with Crippen LogP contribution < -0.4 is 10.9 Å². The first-order valence-corrected chi connectivity index (χ1v) is 11.1. The number of carbonyl (C=O) groups is 1. The van der Waals surface area contributed by atoms with Gasteiger partial charge in [-0.05, 0) is 24.5 Å². The molecule has 1 N–H and O–H groups in total. The molecule has 1 aromatic carbocycles. The summed E-state index contributed by atoms with van der Waals surface area (Å²) < 4.78 is 38.4. The lowest BCUT2D eigenvalue weighted by atomic mass is 10.1. The predicted molar refractivity (Wildman–Crippen MR) is 113 cm³/mol. The van der Waals surface area contributed by atoms with E-state index in [9.17, 15) is 22.8 Å². The number of thiophene rings is 1. The molecule has 2 heterocycles. The van der Waals surface area contributed by atoms with Gasteiger partial charge in [0, 0.05) is 11.4 Å². The number of fused-ring (bicyclic) bond motifs is 1. The fraction of sp³-hybridized carbons (Fsp3) is 0.350. The molecule has 0 unspecified atom stereocenters. The Hall–Kier alpha value is -2.33. The molecule has 0 saturated carbocycles. The highest BCUT2D eigenvalue weighted by atomic mass is 32.2. The van der Waals surface area contributed by atoms with E-state index in [1.54, 1.807) is 0 Å². The van der Waals surface area contributed by atoms with E-state index in [1.807, 2.05) is 48.6 Å². The van der Waals surface area contributed by atoms with Crippen LogP contribution in [0.3, 0.4) is 0 Å². The first-order chi connectivity index (χ1) is 14.3. The van der Waals surface area contributed by atoms with E-state index in [1.165, 1.54) is 15.9 Å². The number of carbonyl (C=O) groups excluding carboxylic acids is 1. The second-order valence-electron chi connectivity index (χ2n) is 6.55.